The summed E-state index contributed by atoms with van der Waals surface area (Å²) in [6.07, 6.45) is 3.75. The molecule has 0 spiro atoms. The molecule has 2 heterocycles. The Labute approximate surface area is 154 Å². The SMILES string of the molecule is OB(O)c1ccc(CN2C=Cc3[nH]c(-c4cccc(F)c4F)nc3C2)cc1. The minimum absolute atomic E-state index is 0.0995. The number of aromatic amines is 1. The molecule has 2 aromatic carbocycles. The molecule has 0 atom stereocenters. The monoisotopic (exact) mass is 367 g/mol. The number of halogens is 2. The van der Waals surface area contributed by atoms with Crippen LogP contribution < -0.4 is 5.46 Å². The minimum atomic E-state index is -1.48. The van der Waals surface area contributed by atoms with E-state index in [2.05, 4.69) is 9.97 Å². The van der Waals surface area contributed by atoms with Gasteiger partial charge in [-0.1, -0.05) is 30.3 Å². The standard InChI is InChI=1S/C19H16BF2N3O2/c21-15-3-1-2-14(18(15)22)19-23-16-8-9-25(11-17(16)24-19)10-12-4-6-13(7-5-12)20(26)27/h1-9,26-27H,10-11H2,(H,23,24). The number of nitrogens with one attached hydrogen (secondary N) is 1. The maximum Gasteiger partial charge on any atom is 0.488 e. The summed E-state index contributed by atoms with van der Waals surface area (Å²) in [5, 5.41) is 18.3. The summed E-state index contributed by atoms with van der Waals surface area (Å²) in [6.45, 7) is 1.12. The lowest BCUT2D eigenvalue weighted by Gasteiger charge is -2.22. The third kappa shape index (κ3) is 3.49. The zero-order valence-electron chi connectivity index (χ0n) is 14.2. The largest absolute Gasteiger partial charge is 0.488 e. The average molecular weight is 367 g/mol. The molecule has 0 radical (unpaired) electrons. The van der Waals surface area contributed by atoms with E-state index in [1.807, 2.05) is 29.3 Å². The van der Waals surface area contributed by atoms with Gasteiger partial charge in [0.1, 0.15) is 5.82 Å². The van der Waals surface area contributed by atoms with Crippen molar-refractivity contribution in [2.75, 3.05) is 0 Å². The number of imidazole rings is 1. The van der Waals surface area contributed by atoms with E-state index in [1.54, 1.807) is 12.1 Å². The summed E-state index contributed by atoms with van der Waals surface area (Å²) in [5.74, 6) is -1.53. The first kappa shape index (κ1) is 17.4. The van der Waals surface area contributed by atoms with Crippen LogP contribution in [-0.2, 0) is 13.1 Å². The number of fused-ring (bicyclic) bond motifs is 1. The molecule has 4 rings (SSSR count). The van der Waals surface area contributed by atoms with Crippen LogP contribution in [0.1, 0.15) is 17.0 Å². The lowest BCUT2D eigenvalue weighted by atomic mass is 9.80. The van der Waals surface area contributed by atoms with Gasteiger partial charge in [0.15, 0.2) is 11.6 Å². The first-order valence-corrected chi connectivity index (χ1v) is 8.42. The van der Waals surface area contributed by atoms with Gasteiger partial charge in [-0.3, -0.25) is 0 Å². The van der Waals surface area contributed by atoms with E-state index in [0.717, 1.165) is 23.0 Å². The van der Waals surface area contributed by atoms with Crippen LogP contribution in [0.25, 0.3) is 17.5 Å². The maximum absolute atomic E-state index is 14.0. The molecule has 1 aliphatic rings. The van der Waals surface area contributed by atoms with Gasteiger partial charge in [-0.25, -0.2) is 13.8 Å². The van der Waals surface area contributed by atoms with Crippen LogP contribution >= 0.6 is 0 Å². The normalized spacial score (nSPS) is 13.0. The highest BCUT2D eigenvalue weighted by Gasteiger charge is 2.19. The maximum atomic E-state index is 14.0. The molecule has 27 heavy (non-hydrogen) atoms. The van der Waals surface area contributed by atoms with Crippen molar-refractivity contribution in [2.45, 2.75) is 13.1 Å². The summed E-state index contributed by atoms with van der Waals surface area (Å²) in [6, 6.07) is 11.0. The van der Waals surface area contributed by atoms with Gasteiger partial charge in [-0.15, -0.1) is 0 Å². The summed E-state index contributed by atoms with van der Waals surface area (Å²) in [5.41, 5.74) is 3.05. The molecular formula is C19H16BF2N3O2. The van der Waals surface area contributed by atoms with Crippen LogP contribution in [0.3, 0.4) is 0 Å². The third-order valence-corrected chi connectivity index (χ3v) is 4.49. The molecule has 0 amide bonds. The quantitative estimate of drug-likeness (QED) is 0.617. The summed E-state index contributed by atoms with van der Waals surface area (Å²) in [7, 11) is -1.48. The topological polar surface area (TPSA) is 72.4 Å². The average Bonchev–Trinajstić information content (AvgIpc) is 3.07. The Morgan fingerprint density at radius 1 is 1.11 bits per heavy atom. The molecule has 8 heteroatoms. The van der Waals surface area contributed by atoms with Crippen molar-refractivity contribution in [2.24, 2.45) is 0 Å². The van der Waals surface area contributed by atoms with Crippen molar-refractivity contribution in [3.63, 3.8) is 0 Å². The van der Waals surface area contributed by atoms with Crippen molar-refractivity contribution < 1.29 is 18.8 Å². The van der Waals surface area contributed by atoms with Crippen molar-refractivity contribution in [1.82, 2.24) is 14.9 Å². The molecule has 0 fully saturated rings. The molecule has 0 unspecified atom stereocenters. The van der Waals surface area contributed by atoms with Crippen molar-refractivity contribution in [3.05, 3.63) is 77.3 Å². The second-order valence-corrected chi connectivity index (χ2v) is 6.38. The van der Waals surface area contributed by atoms with Crippen LogP contribution in [-0.4, -0.2) is 32.0 Å². The number of hydrogen-bond donors (Lipinski definition) is 3. The van der Waals surface area contributed by atoms with Crippen LogP contribution in [0, 0.1) is 11.6 Å². The van der Waals surface area contributed by atoms with Crippen LogP contribution in [0.4, 0.5) is 8.78 Å². The van der Waals surface area contributed by atoms with Gasteiger partial charge in [0.2, 0.25) is 0 Å². The number of nitrogens with zero attached hydrogens (tertiary/aromatic N) is 2. The third-order valence-electron chi connectivity index (χ3n) is 4.49. The van der Waals surface area contributed by atoms with Gasteiger partial charge >= 0.3 is 7.12 Å². The lowest BCUT2D eigenvalue weighted by Crippen LogP contribution is -2.29. The highest BCUT2D eigenvalue weighted by molar-refractivity contribution is 6.58. The second-order valence-electron chi connectivity index (χ2n) is 6.38. The molecule has 0 bridgehead atoms. The fourth-order valence-corrected chi connectivity index (χ4v) is 3.06. The minimum Gasteiger partial charge on any atom is -0.423 e. The van der Waals surface area contributed by atoms with E-state index in [-0.39, 0.29) is 5.56 Å². The van der Waals surface area contributed by atoms with Gasteiger partial charge in [0.25, 0.3) is 0 Å². The molecular weight excluding hydrogens is 351 g/mol. The van der Waals surface area contributed by atoms with Crippen LogP contribution in [0.2, 0.25) is 0 Å². The summed E-state index contributed by atoms with van der Waals surface area (Å²) in [4.78, 5) is 9.49. The molecule has 136 valence electrons. The molecule has 0 saturated carbocycles. The zero-order chi connectivity index (χ0) is 19.0. The molecule has 1 aromatic heterocycles. The van der Waals surface area contributed by atoms with E-state index in [1.165, 1.54) is 12.1 Å². The predicted molar refractivity (Wildman–Crippen MR) is 98.5 cm³/mol. The van der Waals surface area contributed by atoms with Gasteiger partial charge in [-0.2, -0.15) is 0 Å². The molecule has 0 aliphatic carbocycles. The van der Waals surface area contributed by atoms with E-state index in [9.17, 15) is 8.78 Å². The molecule has 3 aromatic rings. The Morgan fingerprint density at radius 3 is 2.63 bits per heavy atom. The van der Waals surface area contributed by atoms with Crippen molar-refractivity contribution in [3.8, 4) is 11.4 Å². The fourth-order valence-electron chi connectivity index (χ4n) is 3.06. The van der Waals surface area contributed by atoms with E-state index in [4.69, 9.17) is 10.0 Å². The Kier molecular flexibility index (Phi) is 4.51. The molecule has 1 aliphatic heterocycles. The van der Waals surface area contributed by atoms with Crippen molar-refractivity contribution in [1.29, 1.82) is 0 Å². The van der Waals surface area contributed by atoms with E-state index < -0.39 is 18.8 Å². The van der Waals surface area contributed by atoms with Gasteiger partial charge in [0.05, 0.1) is 23.5 Å². The molecule has 5 nitrogen and oxygen atoms in total. The van der Waals surface area contributed by atoms with Crippen LogP contribution in [0.15, 0.2) is 48.7 Å². The first-order valence-electron chi connectivity index (χ1n) is 8.42. The Hall–Kier alpha value is -2.97. The Morgan fingerprint density at radius 2 is 1.89 bits per heavy atom. The lowest BCUT2D eigenvalue weighted by molar-refractivity contribution is 0.355. The summed E-state index contributed by atoms with van der Waals surface area (Å²) < 4.78 is 27.5. The first-order chi connectivity index (χ1) is 13.0. The molecule has 3 N–H and O–H groups in total. The number of hydrogen-bond acceptors (Lipinski definition) is 4. The predicted octanol–water partition coefficient (Wildman–Crippen LogP) is 2.02. The van der Waals surface area contributed by atoms with E-state index >= 15 is 0 Å². The highest BCUT2D eigenvalue weighted by Crippen LogP contribution is 2.26. The smallest absolute Gasteiger partial charge is 0.423 e. The summed E-state index contributed by atoms with van der Waals surface area (Å²) >= 11 is 0. The van der Waals surface area contributed by atoms with Gasteiger partial charge < -0.3 is 19.9 Å². The Balaban J connectivity index is 1.52. The number of aromatic nitrogens is 2. The highest BCUT2D eigenvalue weighted by atomic mass is 19.2. The molecule has 0 saturated heterocycles. The number of rotatable bonds is 4. The second kappa shape index (κ2) is 6.98. The van der Waals surface area contributed by atoms with Gasteiger partial charge in [0, 0.05) is 12.7 Å². The van der Waals surface area contributed by atoms with Crippen molar-refractivity contribution >= 4 is 18.7 Å². The Bertz CT molecular complexity index is 1000. The number of H-pyrrole nitrogens is 1. The zero-order valence-corrected chi connectivity index (χ0v) is 14.2. The number of benzene rings is 2. The van der Waals surface area contributed by atoms with E-state index in [0.29, 0.717) is 24.4 Å². The van der Waals surface area contributed by atoms with Crippen LogP contribution in [0.5, 0.6) is 0 Å². The fraction of sp³-hybridized carbons (Fsp3) is 0.105. The van der Waals surface area contributed by atoms with Gasteiger partial charge in [-0.05, 0) is 29.2 Å².